The molecule has 2 aliphatic heterocycles. The van der Waals surface area contributed by atoms with E-state index in [1.165, 1.54) is 18.4 Å². The molecule has 1 aromatic carbocycles. The summed E-state index contributed by atoms with van der Waals surface area (Å²) in [6, 6.07) is 7.33. The summed E-state index contributed by atoms with van der Waals surface area (Å²) in [5, 5.41) is 3.49. The number of hydrogen-bond acceptors (Lipinski definition) is 4. The van der Waals surface area contributed by atoms with E-state index in [2.05, 4.69) is 36.3 Å². The van der Waals surface area contributed by atoms with E-state index < -0.39 is 0 Å². The molecule has 3 rings (SSSR count). The first-order chi connectivity index (χ1) is 9.75. The van der Waals surface area contributed by atoms with Crippen molar-refractivity contribution >= 4 is 0 Å². The molecule has 2 aliphatic rings. The second-order valence-electron chi connectivity index (χ2n) is 5.74. The highest BCUT2D eigenvalue weighted by molar-refractivity contribution is 5.44. The molecule has 0 saturated carbocycles. The molecule has 2 unspecified atom stereocenters. The first-order valence-electron chi connectivity index (χ1n) is 7.58. The maximum atomic E-state index is 5.68. The molecule has 1 saturated heterocycles. The van der Waals surface area contributed by atoms with Gasteiger partial charge in [-0.05, 0) is 51.1 Å². The Bertz CT molecular complexity index is 458. The van der Waals surface area contributed by atoms with Gasteiger partial charge in [0.05, 0.1) is 0 Å². The van der Waals surface area contributed by atoms with Gasteiger partial charge < -0.3 is 14.8 Å². The molecule has 4 heteroatoms. The van der Waals surface area contributed by atoms with Gasteiger partial charge in [0.1, 0.15) is 13.2 Å². The van der Waals surface area contributed by atoms with E-state index in [0.717, 1.165) is 24.6 Å². The van der Waals surface area contributed by atoms with Gasteiger partial charge in [-0.15, -0.1) is 0 Å². The van der Waals surface area contributed by atoms with E-state index >= 15 is 0 Å². The third kappa shape index (κ3) is 2.76. The predicted octanol–water partition coefficient (Wildman–Crippen LogP) is 2.20. The van der Waals surface area contributed by atoms with Crippen LogP contribution in [0.25, 0.3) is 0 Å². The third-order valence-corrected chi connectivity index (χ3v) is 4.51. The molecular weight excluding hydrogens is 252 g/mol. The van der Waals surface area contributed by atoms with Crippen molar-refractivity contribution in [2.75, 3.05) is 33.4 Å². The molecular formula is C16H24N2O2. The summed E-state index contributed by atoms with van der Waals surface area (Å²) in [4.78, 5) is 2.47. The van der Waals surface area contributed by atoms with E-state index in [-0.39, 0.29) is 0 Å². The van der Waals surface area contributed by atoms with Gasteiger partial charge in [0.2, 0.25) is 0 Å². The van der Waals surface area contributed by atoms with E-state index in [9.17, 15) is 0 Å². The minimum atomic E-state index is 0.385. The van der Waals surface area contributed by atoms with Crippen LogP contribution in [0, 0.1) is 0 Å². The summed E-state index contributed by atoms with van der Waals surface area (Å²) in [5.41, 5.74) is 1.29. The molecule has 4 nitrogen and oxygen atoms in total. The highest BCUT2D eigenvalue weighted by atomic mass is 16.6. The lowest BCUT2D eigenvalue weighted by Crippen LogP contribution is -2.45. The molecule has 1 aromatic rings. The molecule has 2 atom stereocenters. The molecule has 0 amide bonds. The molecule has 1 N–H and O–H groups in total. The van der Waals surface area contributed by atoms with Gasteiger partial charge >= 0.3 is 0 Å². The lowest BCUT2D eigenvalue weighted by molar-refractivity contribution is 0.153. The Morgan fingerprint density at radius 1 is 1.25 bits per heavy atom. The van der Waals surface area contributed by atoms with Gasteiger partial charge in [0.25, 0.3) is 0 Å². The van der Waals surface area contributed by atoms with Crippen LogP contribution < -0.4 is 14.8 Å². The highest BCUT2D eigenvalue weighted by Crippen LogP contribution is 2.34. The van der Waals surface area contributed by atoms with Crippen molar-refractivity contribution in [3.63, 3.8) is 0 Å². The Labute approximate surface area is 121 Å². The van der Waals surface area contributed by atoms with E-state index in [0.29, 0.717) is 25.3 Å². The Balaban J connectivity index is 1.74. The molecule has 2 heterocycles. The normalized spacial score (nSPS) is 23.6. The Morgan fingerprint density at radius 3 is 2.80 bits per heavy atom. The van der Waals surface area contributed by atoms with Crippen LogP contribution in [0.1, 0.15) is 31.4 Å². The van der Waals surface area contributed by atoms with Crippen molar-refractivity contribution in [2.45, 2.75) is 31.8 Å². The molecule has 1 fully saturated rings. The van der Waals surface area contributed by atoms with Gasteiger partial charge in [0.15, 0.2) is 11.5 Å². The number of rotatable bonds is 3. The van der Waals surface area contributed by atoms with Crippen LogP contribution in [0.5, 0.6) is 11.5 Å². The first-order valence-corrected chi connectivity index (χ1v) is 7.58. The minimum absolute atomic E-state index is 0.385. The van der Waals surface area contributed by atoms with E-state index in [1.54, 1.807) is 0 Å². The second-order valence-corrected chi connectivity index (χ2v) is 5.74. The number of nitrogens with one attached hydrogen (secondary N) is 1. The lowest BCUT2D eigenvalue weighted by atomic mass is 10.0. The molecule has 110 valence electrons. The molecule has 0 bridgehead atoms. The molecule has 0 aromatic heterocycles. The van der Waals surface area contributed by atoms with Gasteiger partial charge in [-0.2, -0.15) is 0 Å². The van der Waals surface area contributed by atoms with Gasteiger partial charge in [-0.3, -0.25) is 4.90 Å². The molecule has 0 radical (unpaired) electrons. The highest BCUT2D eigenvalue weighted by Gasteiger charge is 2.23. The van der Waals surface area contributed by atoms with E-state index in [4.69, 9.17) is 9.47 Å². The van der Waals surface area contributed by atoms with E-state index in [1.807, 2.05) is 6.07 Å². The maximum Gasteiger partial charge on any atom is 0.161 e. The quantitative estimate of drug-likeness (QED) is 0.917. The van der Waals surface area contributed by atoms with Crippen LogP contribution >= 0.6 is 0 Å². The number of piperidine rings is 1. The summed E-state index contributed by atoms with van der Waals surface area (Å²) in [6.45, 7) is 5.80. The number of ether oxygens (including phenoxy) is 2. The van der Waals surface area contributed by atoms with Crippen LogP contribution in [0.2, 0.25) is 0 Å². The third-order valence-electron chi connectivity index (χ3n) is 4.51. The number of likely N-dealkylation sites (N-methyl/N-ethyl adjacent to an activating group) is 1. The van der Waals surface area contributed by atoms with Crippen molar-refractivity contribution < 1.29 is 9.47 Å². The van der Waals surface area contributed by atoms with Gasteiger partial charge in [-0.25, -0.2) is 0 Å². The summed E-state index contributed by atoms with van der Waals surface area (Å²) in [6.07, 6.45) is 2.54. The van der Waals surface area contributed by atoms with Crippen LogP contribution in [-0.2, 0) is 0 Å². The van der Waals surface area contributed by atoms with Crippen molar-refractivity contribution in [2.24, 2.45) is 0 Å². The summed E-state index contributed by atoms with van der Waals surface area (Å²) in [5.74, 6) is 1.75. The van der Waals surface area contributed by atoms with Crippen molar-refractivity contribution in [1.29, 1.82) is 0 Å². The van der Waals surface area contributed by atoms with Gasteiger partial charge in [-0.1, -0.05) is 6.07 Å². The average molecular weight is 276 g/mol. The van der Waals surface area contributed by atoms with Crippen LogP contribution in [0.4, 0.5) is 0 Å². The Kier molecular flexibility index (Phi) is 4.13. The summed E-state index contributed by atoms with van der Waals surface area (Å²) < 4.78 is 11.3. The predicted molar refractivity (Wildman–Crippen MR) is 79.5 cm³/mol. The summed E-state index contributed by atoms with van der Waals surface area (Å²) in [7, 11) is 2.22. The molecule has 0 aliphatic carbocycles. The zero-order valence-corrected chi connectivity index (χ0v) is 12.4. The van der Waals surface area contributed by atoms with Crippen molar-refractivity contribution in [1.82, 2.24) is 10.2 Å². The fourth-order valence-electron chi connectivity index (χ4n) is 3.05. The largest absolute Gasteiger partial charge is 0.486 e. The van der Waals surface area contributed by atoms with Crippen LogP contribution in [0.15, 0.2) is 18.2 Å². The van der Waals surface area contributed by atoms with Gasteiger partial charge in [0, 0.05) is 18.6 Å². The maximum absolute atomic E-state index is 5.68. The van der Waals surface area contributed by atoms with Crippen molar-refractivity contribution in [3.8, 4) is 11.5 Å². The number of fused-ring (bicyclic) bond motifs is 1. The zero-order chi connectivity index (χ0) is 13.9. The minimum Gasteiger partial charge on any atom is -0.486 e. The van der Waals surface area contributed by atoms with Crippen molar-refractivity contribution in [3.05, 3.63) is 23.8 Å². The smallest absolute Gasteiger partial charge is 0.161 e. The standard InChI is InChI=1S/C16H24N2O2/c1-12(18(2)14-4-3-7-17-11-14)13-5-6-15-16(10-13)20-9-8-19-15/h5-6,10,12,14,17H,3-4,7-9,11H2,1-2H3. The SMILES string of the molecule is CC(c1ccc2c(c1)OCCO2)N(C)C1CCCNC1. The Hall–Kier alpha value is -1.26. The number of hydrogen-bond donors (Lipinski definition) is 1. The summed E-state index contributed by atoms with van der Waals surface area (Å²) >= 11 is 0. The molecule has 0 spiro atoms. The number of nitrogens with zero attached hydrogens (tertiary/aromatic N) is 1. The fourth-order valence-corrected chi connectivity index (χ4v) is 3.05. The molecule has 20 heavy (non-hydrogen) atoms. The topological polar surface area (TPSA) is 33.7 Å². The monoisotopic (exact) mass is 276 g/mol. The fraction of sp³-hybridized carbons (Fsp3) is 0.625. The second kappa shape index (κ2) is 6.02. The zero-order valence-electron chi connectivity index (χ0n) is 12.4. The lowest BCUT2D eigenvalue weighted by Gasteiger charge is -2.36. The number of benzene rings is 1. The first kappa shape index (κ1) is 13.7. The average Bonchev–Trinajstić information content (AvgIpc) is 2.54. The van der Waals surface area contributed by atoms with Crippen LogP contribution in [-0.4, -0.2) is 44.3 Å². The van der Waals surface area contributed by atoms with Crippen LogP contribution in [0.3, 0.4) is 0 Å². The Morgan fingerprint density at radius 2 is 2.05 bits per heavy atom.